The molecule has 5 heteroatoms. The number of ether oxygens (including phenoxy) is 2. The van der Waals surface area contributed by atoms with Crippen LogP contribution in [0.4, 0.5) is 4.39 Å². The van der Waals surface area contributed by atoms with E-state index in [1.807, 2.05) is 0 Å². The molecule has 0 bridgehead atoms. The molecular formula is C13H17FNO3+. The lowest BCUT2D eigenvalue weighted by molar-refractivity contribution is -0.899. The molecule has 1 aromatic carbocycles. The second-order valence-corrected chi connectivity index (χ2v) is 4.31. The van der Waals surface area contributed by atoms with Gasteiger partial charge in [-0.1, -0.05) is 0 Å². The third-order valence-electron chi connectivity index (χ3n) is 3.08. The van der Waals surface area contributed by atoms with Crippen molar-refractivity contribution in [3.8, 4) is 5.75 Å². The molecule has 0 aliphatic carbocycles. The van der Waals surface area contributed by atoms with Crippen LogP contribution in [0.1, 0.15) is 10.4 Å². The third kappa shape index (κ3) is 3.05. The maximum absolute atomic E-state index is 13.5. The highest BCUT2D eigenvalue weighted by molar-refractivity contribution is 5.97. The van der Waals surface area contributed by atoms with E-state index in [4.69, 9.17) is 9.47 Å². The van der Waals surface area contributed by atoms with Crippen LogP contribution in [0.2, 0.25) is 0 Å². The molecule has 1 aromatic rings. The number of morpholine rings is 1. The minimum Gasteiger partial charge on any atom is -0.494 e. The molecule has 1 saturated heterocycles. The number of benzene rings is 1. The molecule has 1 aliphatic rings. The fourth-order valence-electron chi connectivity index (χ4n) is 2.01. The number of methoxy groups -OCH3 is 1. The summed E-state index contributed by atoms with van der Waals surface area (Å²) < 4.78 is 23.5. The zero-order chi connectivity index (χ0) is 13.0. The molecule has 98 valence electrons. The summed E-state index contributed by atoms with van der Waals surface area (Å²) in [7, 11) is 1.40. The fraction of sp³-hybridized carbons (Fsp3) is 0.462. The van der Waals surface area contributed by atoms with Crippen molar-refractivity contribution in [1.82, 2.24) is 0 Å². The lowest BCUT2D eigenvalue weighted by Crippen LogP contribution is -3.14. The van der Waals surface area contributed by atoms with Crippen molar-refractivity contribution in [3.63, 3.8) is 0 Å². The number of hydrogen-bond donors (Lipinski definition) is 1. The molecule has 0 radical (unpaired) electrons. The van der Waals surface area contributed by atoms with Crippen molar-refractivity contribution in [2.75, 3.05) is 40.0 Å². The van der Waals surface area contributed by atoms with E-state index in [1.165, 1.54) is 24.1 Å². The topological polar surface area (TPSA) is 40.0 Å². The van der Waals surface area contributed by atoms with Crippen LogP contribution in [0.3, 0.4) is 0 Å². The van der Waals surface area contributed by atoms with Gasteiger partial charge in [-0.2, -0.15) is 0 Å². The number of carbonyl (C=O) groups excluding carboxylic acids is 1. The summed E-state index contributed by atoms with van der Waals surface area (Å²) in [6, 6.07) is 4.32. The summed E-state index contributed by atoms with van der Waals surface area (Å²) in [5.41, 5.74) is 0.396. The molecule has 0 unspecified atom stereocenters. The number of halogens is 1. The Kier molecular flexibility index (Phi) is 4.28. The van der Waals surface area contributed by atoms with E-state index in [9.17, 15) is 9.18 Å². The van der Waals surface area contributed by atoms with Crippen LogP contribution in [0.5, 0.6) is 5.75 Å². The molecule has 1 heterocycles. The Balaban J connectivity index is 2.01. The first-order valence-electron chi connectivity index (χ1n) is 5.99. The smallest absolute Gasteiger partial charge is 0.216 e. The summed E-state index contributed by atoms with van der Waals surface area (Å²) >= 11 is 0. The summed E-state index contributed by atoms with van der Waals surface area (Å²) in [4.78, 5) is 13.2. The number of rotatable bonds is 4. The predicted octanol–water partition coefficient (Wildman–Crippen LogP) is -0.0679. The van der Waals surface area contributed by atoms with Gasteiger partial charge in [0.2, 0.25) is 5.78 Å². The van der Waals surface area contributed by atoms with Crippen molar-refractivity contribution in [3.05, 3.63) is 29.6 Å². The van der Waals surface area contributed by atoms with Gasteiger partial charge < -0.3 is 14.4 Å². The Bertz CT molecular complexity index is 430. The number of quaternary nitrogens is 1. The summed E-state index contributed by atoms with van der Waals surface area (Å²) in [6.45, 7) is 3.39. The van der Waals surface area contributed by atoms with Gasteiger partial charge in [-0.3, -0.25) is 4.79 Å². The van der Waals surface area contributed by atoms with E-state index in [0.29, 0.717) is 25.3 Å². The number of carbonyl (C=O) groups is 1. The molecule has 0 atom stereocenters. The molecule has 1 N–H and O–H groups in total. The average Bonchev–Trinajstić information content (AvgIpc) is 2.39. The highest BCUT2D eigenvalue weighted by Crippen LogP contribution is 2.17. The van der Waals surface area contributed by atoms with Gasteiger partial charge in [-0.15, -0.1) is 0 Å². The molecule has 4 nitrogen and oxygen atoms in total. The average molecular weight is 254 g/mol. The lowest BCUT2D eigenvalue weighted by Gasteiger charge is -2.22. The Morgan fingerprint density at radius 3 is 2.78 bits per heavy atom. The minimum absolute atomic E-state index is 0.0477. The van der Waals surface area contributed by atoms with Gasteiger partial charge in [0.05, 0.1) is 20.3 Å². The molecule has 0 spiro atoms. The Morgan fingerprint density at radius 2 is 2.17 bits per heavy atom. The van der Waals surface area contributed by atoms with Gasteiger partial charge >= 0.3 is 0 Å². The largest absolute Gasteiger partial charge is 0.494 e. The molecule has 1 fully saturated rings. The van der Waals surface area contributed by atoms with Crippen LogP contribution in [0.15, 0.2) is 18.2 Å². The van der Waals surface area contributed by atoms with E-state index in [1.54, 1.807) is 6.07 Å². The van der Waals surface area contributed by atoms with Crippen molar-refractivity contribution in [2.45, 2.75) is 0 Å². The van der Waals surface area contributed by atoms with Crippen molar-refractivity contribution in [1.29, 1.82) is 0 Å². The van der Waals surface area contributed by atoms with Crippen LogP contribution in [0, 0.1) is 5.82 Å². The maximum Gasteiger partial charge on any atom is 0.216 e. The number of nitrogens with one attached hydrogen (secondary N) is 1. The van der Waals surface area contributed by atoms with Gasteiger partial charge in [0.15, 0.2) is 11.6 Å². The van der Waals surface area contributed by atoms with Crippen LogP contribution >= 0.6 is 0 Å². The van der Waals surface area contributed by atoms with Crippen LogP contribution in [-0.2, 0) is 4.74 Å². The zero-order valence-electron chi connectivity index (χ0n) is 10.4. The third-order valence-corrected chi connectivity index (χ3v) is 3.08. The zero-order valence-corrected chi connectivity index (χ0v) is 10.4. The number of ketones is 1. The molecule has 0 amide bonds. The Morgan fingerprint density at radius 1 is 1.44 bits per heavy atom. The van der Waals surface area contributed by atoms with Gasteiger partial charge in [0, 0.05) is 5.56 Å². The van der Waals surface area contributed by atoms with Gasteiger partial charge in [-0.25, -0.2) is 4.39 Å². The summed E-state index contributed by atoms with van der Waals surface area (Å²) in [6.07, 6.45) is 0. The quantitative estimate of drug-likeness (QED) is 0.765. The standard InChI is InChI=1S/C13H16FNO3/c1-17-13-3-2-10(8-11(13)14)12(16)9-15-4-6-18-7-5-15/h2-3,8H,4-7,9H2,1H3/p+1. The summed E-state index contributed by atoms with van der Waals surface area (Å²) in [5.74, 6) is -0.390. The van der Waals surface area contributed by atoms with Crippen molar-refractivity contribution >= 4 is 5.78 Å². The normalized spacial score (nSPS) is 16.6. The van der Waals surface area contributed by atoms with Gasteiger partial charge in [-0.05, 0) is 18.2 Å². The fourth-order valence-corrected chi connectivity index (χ4v) is 2.01. The second-order valence-electron chi connectivity index (χ2n) is 4.31. The Labute approximate surface area is 105 Å². The van der Waals surface area contributed by atoms with Gasteiger partial charge in [0.25, 0.3) is 0 Å². The molecular weight excluding hydrogens is 237 g/mol. The van der Waals surface area contributed by atoms with Crippen molar-refractivity contribution in [2.24, 2.45) is 0 Å². The molecule has 0 aromatic heterocycles. The second kappa shape index (κ2) is 5.93. The van der Waals surface area contributed by atoms with E-state index in [2.05, 4.69) is 0 Å². The first-order chi connectivity index (χ1) is 8.70. The predicted molar refractivity (Wildman–Crippen MR) is 63.7 cm³/mol. The van der Waals surface area contributed by atoms with E-state index in [0.717, 1.165) is 13.1 Å². The molecule has 1 aliphatic heterocycles. The lowest BCUT2D eigenvalue weighted by atomic mass is 10.1. The summed E-state index contributed by atoms with van der Waals surface area (Å²) in [5, 5.41) is 0. The van der Waals surface area contributed by atoms with E-state index >= 15 is 0 Å². The van der Waals surface area contributed by atoms with Gasteiger partial charge in [0.1, 0.15) is 19.6 Å². The number of hydrogen-bond acceptors (Lipinski definition) is 3. The first kappa shape index (κ1) is 13.0. The monoisotopic (exact) mass is 254 g/mol. The van der Waals surface area contributed by atoms with Crippen molar-refractivity contribution < 1.29 is 23.6 Å². The number of Topliss-reactive ketones (excluding diaryl/α,β-unsaturated/α-hetero) is 1. The van der Waals surface area contributed by atoms with E-state index in [-0.39, 0.29) is 11.5 Å². The highest BCUT2D eigenvalue weighted by atomic mass is 19.1. The SMILES string of the molecule is COc1ccc(C(=O)C[NH+]2CCOCC2)cc1F. The van der Waals surface area contributed by atoms with Crippen LogP contribution in [0.25, 0.3) is 0 Å². The Hall–Kier alpha value is -1.46. The first-order valence-corrected chi connectivity index (χ1v) is 5.99. The molecule has 0 saturated carbocycles. The molecule has 2 rings (SSSR count). The van der Waals surface area contributed by atoms with E-state index < -0.39 is 5.82 Å². The molecule has 18 heavy (non-hydrogen) atoms. The highest BCUT2D eigenvalue weighted by Gasteiger charge is 2.19. The minimum atomic E-state index is -0.500. The maximum atomic E-state index is 13.5. The van der Waals surface area contributed by atoms with Crippen LogP contribution < -0.4 is 9.64 Å². The van der Waals surface area contributed by atoms with Crippen LogP contribution in [-0.4, -0.2) is 45.7 Å².